The van der Waals surface area contributed by atoms with Gasteiger partial charge in [0.1, 0.15) is 0 Å². The van der Waals surface area contributed by atoms with Crippen LogP contribution in [0.2, 0.25) is 0 Å². The lowest BCUT2D eigenvalue weighted by Crippen LogP contribution is -2.43. The van der Waals surface area contributed by atoms with Gasteiger partial charge in [0.2, 0.25) is 11.8 Å². The van der Waals surface area contributed by atoms with Crippen molar-refractivity contribution in [1.29, 1.82) is 0 Å². The molecule has 1 atom stereocenters. The second-order valence-electron chi connectivity index (χ2n) is 8.16. The first-order valence-electron chi connectivity index (χ1n) is 8.70. The van der Waals surface area contributed by atoms with Gasteiger partial charge in [-0.15, -0.1) is 0 Å². The first kappa shape index (κ1) is 17.5. The summed E-state index contributed by atoms with van der Waals surface area (Å²) >= 11 is 0. The lowest BCUT2D eigenvalue weighted by atomic mass is 9.68. The quantitative estimate of drug-likeness (QED) is 0.705. The molecular weight excluding hydrogens is 278 g/mol. The molecule has 0 saturated carbocycles. The van der Waals surface area contributed by atoms with Crippen molar-refractivity contribution in [1.82, 2.24) is 4.90 Å². The van der Waals surface area contributed by atoms with Gasteiger partial charge in [0.25, 0.3) is 0 Å². The predicted octanol–water partition coefficient (Wildman–Crippen LogP) is 3.54. The number of carbonyl (C=O) groups is 2. The maximum atomic E-state index is 11.8. The number of imide groups is 1. The van der Waals surface area contributed by atoms with Gasteiger partial charge in [-0.1, -0.05) is 20.3 Å². The summed E-state index contributed by atoms with van der Waals surface area (Å²) in [5.74, 6) is 0.698. The fraction of sp³-hybridized carbons (Fsp3) is 0.889. The summed E-state index contributed by atoms with van der Waals surface area (Å²) in [5, 5.41) is 0. The Labute approximate surface area is 134 Å². The fourth-order valence-corrected chi connectivity index (χ4v) is 3.95. The molecule has 0 spiro atoms. The predicted molar refractivity (Wildman–Crippen MR) is 86.3 cm³/mol. The molecule has 2 aliphatic rings. The van der Waals surface area contributed by atoms with Gasteiger partial charge in [0.05, 0.1) is 5.60 Å². The minimum atomic E-state index is -0.103. The first-order chi connectivity index (χ1) is 10.2. The molecule has 126 valence electrons. The summed E-state index contributed by atoms with van der Waals surface area (Å²) in [5.41, 5.74) is 0.101. The summed E-state index contributed by atoms with van der Waals surface area (Å²) < 4.78 is 5.89. The summed E-state index contributed by atoms with van der Waals surface area (Å²) in [6, 6.07) is 0. The molecule has 0 bridgehead atoms. The van der Waals surface area contributed by atoms with Gasteiger partial charge < -0.3 is 4.74 Å². The standard InChI is InChI=1S/C18H31NO3/c1-14(2)7-8-18(10-12-22-17(3,4)13-18)9-11-19-15(20)5-6-16(19)21/h14H,5-13H2,1-4H3/t18-/m1/s1. The number of hydrogen-bond donors (Lipinski definition) is 0. The van der Waals surface area contributed by atoms with Gasteiger partial charge in [0, 0.05) is 26.0 Å². The van der Waals surface area contributed by atoms with Crippen LogP contribution in [0.4, 0.5) is 0 Å². The van der Waals surface area contributed by atoms with Crippen LogP contribution in [0.1, 0.15) is 72.6 Å². The maximum Gasteiger partial charge on any atom is 0.229 e. The first-order valence-corrected chi connectivity index (χ1v) is 8.70. The van der Waals surface area contributed by atoms with E-state index < -0.39 is 0 Å². The van der Waals surface area contributed by atoms with Gasteiger partial charge in [-0.2, -0.15) is 0 Å². The van der Waals surface area contributed by atoms with E-state index in [2.05, 4.69) is 27.7 Å². The van der Waals surface area contributed by atoms with E-state index in [1.807, 2.05) is 0 Å². The average Bonchev–Trinajstić information content (AvgIpc) is 2.73. The third kappa shape index (κ3) is 4.31. The Hall–Kier alpha value is -0.900. The molecular formula is C18H31NO3. The van der Waals surface area contributed by atoms with Crippen molar-refractivity contribution in [3.8, 4) is 0 Å². The summed E-state index contributed by atoms with van der Waals surface area (Å²) in [6.45, 7) is 10.2. The van der Waals surface area contributed by atoms with Crippen molar-refractivity contribution in [2.45, 2.75) is 78.2 Å². The molecule has 4 heteroatoms. The van der Waals surface area contributed by atoms with Crippen molar-refractivity contribution >= 4 is 11.8 Å². The van der Waals surface area contributed by atoms with Crippen LogP contribution in [0.25, 0.3) is 0 Å². The number of carbonyl (C=O) groups excluding carboxylic acids is 2. The molecule has 0 radical (unpaired) electrons. The molecule has 22 heavy (non-hydrogen) atoms. The summed E-state index contributed by atoms with van der Waals surface area (Å²) in [4.78, 5) is 25.2. The fourth-order valence-electron chi connectivity index (χ4n) is 3.95. The molecule has 4 nitrogen and oxygen atoms in total. The van der Waals surface area contributed by atoms with Crippen LogP contribution in [-0.4, -0.2) is 35.5 Å². The average molecular weight is 309 g/mol. The van der Waals surface area contributed by atoms with Crippen molar-refractivity contribution in [2.75, 3.05) is 13.2 Å². The Morgan fingerprint density at radius 3 is 2.32 bits per heavy atom. The molecule has 2 aliphatic heterocycles. The summed E-state index contributed by atoms with van der Waals surface area (Å²) in [7, 11) is 0. The highest BCUT2D eigenvalue weighted by Crippen LogP contribution is 2.45. The molecule has 2 amide bonds. The molecule has 0 aliphatic carbocycles. The van der Waals surface area contributed by atoms with Crippen LogP contribution in [0.5, 0.6) is 0 Å². The molecule has 2 rings (SSSR count). The lowest BCUT2D eigenvalue weighted by molar-refractivity contribution is -0.140. The van der Waals surface area contributed by atoms with Crippen molar-refractivity contribution < 1.29 is 14.3 Å². The second-order valence-corrected chi connectivity index (χ2v) is 8.16. The molecule has 2 fully saturated rings. The van der Waals surface area contributed by atoms with Crippen LogP contribution in [0.15, 0.2) is 0 Å². The van der Waals surface area contributed by atoms with Gasteiger partial charge in [0.15, 0.2) is 0 Å². The van der Waals surface area contributed by atoms with Gasteiger partial charge >= 0.3 is 0 Å². The van der Waals surface area contributed by atoms with E-state index in [4.69, 9.17) is 4.74 Å². The van der Waals surface area contributed by atoms with Crippen LogP contribution in [0.3, 0.4) is 0 Å². The van der Waals surface area contributed by atoms with E-state index in [0.717, 1.165) is 32.3 Å². The molecule has 0 N–H and O–H groups in total. The van der Waals surface area contributed by atoms with Crippen molar-refractivity contribution in [3.05, 3.63) is 0 Å². The minimum Gasteiger partial charge on any atom is -0.376 e. The van der Waals surface area contributed by atoms with Gasteiger partial charge in [-0.25, -0.2) is 0 Å². The highest BCUT2D eigenvalue weighted by atomic mass is 16.5. The van der Waals surface area contributed by atoms with Gasteiger partial charge in [-0.05, 0) is 50.9 Å². The third-order valence-corrected chi connectivity index (χ3v) is 5.20. The van der Waals surface area contributed by atoms with Crippen molar-refractivity contribution in [3.63, 3.8) is 0 Å². The minimum absolute atomic E-state index is 0.00956. The normalized spacial score (nSPS) is 28.7. The monoisotopic (exact) mass is 309 g/mol. The van der Waals surface area contributed by atoms with Gasteiger partial charge in [-0.3, -0.25) is 14.5 Å². The highest BCUT2D eigenvalue weighted by Gasteiger charge is 2.41. The molecule has 0 aromatic carbocycles. The number of nitrogens with zero attached hydrogens (tertiary/aromatic N) is 1. The molecule has 0 aromatic rings. The van der Waals surface area contributed by atoms with E-state index in [9.17, 15) is 9.59 Å². The second kappa shape index (κ2) is 6.69. The van der Waals surface area contributed by atoms with Crippen LogP contribution in [-0.2, 0) is 14.3 Å². The Bertz CT molecular complexity index is 414. The van der Waals surface area contributed by atoms with E-state index in [1.165, 1.54) is 11.3 Å². The Kier molecular flexibility index (Phi) is 5.31. The topological polar surface area (TPSA) is 46.6 Å². The van der Waals surface area contributed by atoms with Crippen LogP contribution in [0, 0.1) is 11.3 Å². The Morgan fingerprint density at radius 2 is 1.77 bits per heavy atom. The van der Waals surface area contributed by atoms with Crippen LogP contribution >= 0.6 is 0 Å². The molecule has 2 heterocycles. The molecule has 0 aromatic heterocycles. The van der Waals surface area contributed by atoms with E-state index in [1.54, 1.807) is 0 Å². The Morgan fingerprint density at radius 1 is 1.14 bits per heavy atom. The molecule has 0 unspecified atom stereocenters. The largest absolute Gasteiger partial charge is 0.376 e. The zero-order chi connectivity index (χ0) is 16.4. The number of rotatable bonds is 6. The zero-order valence-corrected chi connectivity index (χ0v) is 14.6. The number of amides is 2. The summed E-state index contributed by atoms with van der Waals surface area (Å²) in [6.07, 6.45) is 6.12. The van der Waals surface area contributed by atoms with E-state index in [-0.39, 0.29) is 22.8 Å². The number of likely N-dealkylation sites (tertiary alicyclic amines) is 1. The number of hydrogen-bond acceptors (Lipinski definition) is 3. The van der Waals surface area contributed by atoms with E-state index >= 15 is 0 Å². The maximum absolute atomic E-state index is 11.8. The van der Waals surface area contributed by atoms with Crippen molar-refractivity contribution in [2.24, 2.45) is 11.3 Å². The van der Waals surface area contributed by atoms with Crippen LogP contribution < -0.4 is 0 Å². The third-order valence-electron chi connectivity index (χ3n) is 5.20. The lowest BCUT2D eigenvalue weighted by Gasteiger charge is -2.46. The smallest absolute Gasteiger partial charge is 0.229 e. The SMILES string of the molecule is CC(C)CC[C@@]1(CCN2C(=O)CCC2=O)CCOC(C)(C)C1. The van der Waals surface area contributed by atoms with E-state index in [0.29, 0.717) is 25.3 Å². The highest BCUT2D eigenvalue weighted by molar-refractivity contribution is 6.01. The zero-order valence-electron chi connectivity index (χ0n) is 14.6. The Balaban J connectivity index is 2.04. The molecule has 2 saturated heterocycles. The number of ether oxygens (including phenoxy) is 1.